The van der Waals surface area contributed by atoms with E-state index in [0.29, 0.717) is 6.04 Å². The highest BCUT2D eigenvalue weighted by Gasteiger charge is 1.98. The van der Waals surface area contributed by atoms with Gasteiger partial charge in [-0.05, 0) is 24.6 Å². The molecule has 1 aromatic heterocycles. The van der Waals surface area contributed by atoms with Crippen molar-refractivity contribution in [3.05, 3.63) is 66.1 Å². The molecule has 0 amide bonds. The van der Waals surface area contributed by atoms with Crippen LogP contribution in [0.4, 0.5) is 0 Å². The van der Waals surface area contributed by atoms with Crippen LogP contribution in [0.5, 0.6) is 0 Å². The Morgan fingerprint density at radius 1 is 1.18 bits per heavy atom. The lowest BCUT2D eigenvalue weighted by molar-refractivity contribution is 0.474. The molecule has 17 heavy (non-hydrogen) atoms. The Morgan fingerprint density at radius 2 is 2.00 bits per heavy atom. The predicted octanol–water partition coefficient (Wildman–Crippen LogP) is 3.47. The van der Waals surface area contributed by atoms with Gasteiger partial charge in [0, 0.05) is 6.04 Å². The molecule has 0 aliphatic rings. The van der Waals surface area contributed by atoms with Crippen molar-refractivity contribution in [3.8, 4) is 0 Å². The molecule has 2 aromatic rings. The molecule has 0 saturated heterocycles. The lowest BCUT2D eigenvalue weighted by Crippen LogP contribution is -2.22. The van der Waals surface area contributed by atoms with Gasteiger partial charge < -0.3 is 9.73 Å². The van der Waals surface area contributed by atoms with Gasteiger partial charge in [-0.15, -0.1) is 0 Å². The van der Waals surface area contributed by atoms with Crippen molar-refractivity contribution in [2.75, 3.05) is 0 Å². The molecule has 2 rings (SSSR count). The van der Waals surface area contributed by atoms with E-state index in [1.807, 2.05) is 30.3 Å². The lowest BCUT2D eigenvalue weighted by Gasteiger charge is -2.07. The maximum Gasteiger partial charge on any atom is 0.117 e. The van der Waals surface area contributed by atoms with E-state index >= 15 is 0 Å². The van der Waals surface area contributed by atoms with Crippen LogP contribution >= 0.6 is 0 Å². The summed E-state index contributed by atoms with van der Waals surface area (Å²) in [4.78, 5) is 0. The third kappa shape index (κ3) is 3.93. The largest absolute Gasteiger partial charge is 0.468 e. The third-order valence-corrected chi connectivity index (χ3v) is 2.56. The van der Waals surface area contributed by atoms with Crippen LogP contribution in [0, 0.1) is 0 Å². The molecule has 2 nitrogen and oxygen atoms in total. The van der Waals surface area contributed by atoms with Crippen LogP contribution in [0.15, 0.2) is 59.2 Å². The SMILES string of the molecule is C[C@@H](/C=C/c1ccccc1)NCc1ccco1. The first kappa shape index (κ1) is 11.7. The number of benzene rings is 1. The fourth-order valence-corrected chi connectivity index (χ4v) is 1.56. The highest BCUT2D eigenvalue weighted by atomic mass is 16.3. The number of hydrogen-bond acceptors (Lipinski definition) is 2. The molecule has 0 saturated carbocycles. The molecular weight excluding hydrogens is 210 g/mol. The maximum atomic E-state index is 5.26. The minimum Gasteiger partial charge on any atom is -0.468 e. The first-order valence-electron chi connectivity index (χ1n) is 5.83. The normalized spacial score (nSPS) is 13.0. The Balaban J connectivity index is 1.81. The summed E-state index contributed by atoms with van der Waals surface area (Å²) in [7, 11) is 0. The van der Waals surface area contributed by atoms with E-state index in [0.717, 1.165) is 12.3 Å². The van der Waals surface area contributed by atoms with Gasteiger partial charge in [-0.2, -0.15) is 0 Å². The Kier molecular flexibility index (Phi) is 4.17. The topological polar surface area (TPSA) is 25.2 Å². The summed E-state index contributed by atoms with van der Waals surface area (Å²) in [6.45, 7) is 2.88. The van der Waals surface area contributed by atoms with Gasteiger partial charge in [0.2, 0.25) is 0 Å². The predicted molar refractivity (Wildman–Crippen MR) is 70.5 cm³/mol. The number of nitrogens with one attached hydrogen (secondary N) is 1. The second-order valence-electron chi connectivity index (χ2n) is 4.02. The third-order valence-electron chi connectivity index (χ3n) is 2.56. The zero-order chi connectivity index (χ0) is 11.9. The van der Waals surface area contributed by atoms with Crippen molar-refractivity contribution in [2.24, 2.45) is 0 Å². The average molecular weight is 227 g/mol. The van der Waals surface area contributed by atoms with E-state index in [4.69, 9.17) is 4.42 Å². The minimum atomic E-state index is 0.320. The number of hydrogen-bond donors (Lipinski definition) is 1. The van der Waals surface area contributed by atoms with Gasteiger partial charge in [-0.3, -0.25) is 0 Å². The van der Waals surface area contributed by atoms with Crippen molar-refractivity contribution in [2.45, 2.75) is 19.5 Å². The van der Waals surface area contributed by atoms with Gasteiger partial charge in [0.25, 0.3) is 0 Å². The molecule has 0 spiro atoms. The molecule has 1 atom stereocenters. The second kappa shape index (κ2) is 6.06. The Hall–Kier alpha value is -1.80. The van der Waals surface area contributed by atoms with Gasteiger partial charge >= 0.3 is 0 Å². The lowest BCUT2D eigenvalue weighted by atomic mass is 10.2. The number of rotatable bonds is 5. The summed E-state index contributed by atoms with van der Waals surface area (Å²) in [6, 6.07) is 14.5. The van der Waals surface area contributed by atoms with E-state index in [9.17, 15) is 0 Å². The first-order chi connectivity index (χ1) is 8.34. The summed E-state index contributed by atoms with van der Waals surface area (Å²) in [5, 5.41) is 3.37. The van der Waals surface area contributed by atoms with Crippen LogP contribution in [0.2, 0.25) is 0 Å². The summed E-state index contributed by atoms with van der Waals surface area (Å²) >= 11 is 0. The van der Waals surface area contributed by atoms with Crippen molar-refractivity contribution in [3.63, 3.8) is 0 Å². The quantitative estimate of drug-likeness (QED) is 0.846. The average Bonchev–Trinajstić information content (AvgIpc) is 2.88. The molecular formula is C15H17NO. The van der Waals surface area contributed by atoms with Crippen molar-refractivity contribution in [1.82, 2.24) is 5.32 Å². The van der Waals surface area contributed by atoms with Gasteiger partial charge in [-0.25, -0.2) is 0 Å². The van der Waals surface area contributed by atoms with E-state index in [2.05, 4.69) is 36.5 Å². The van der Waals surface area contributed by atoms with Crippen LogP contribution in [-0.4, -0.2) is 6.04 Å². The van der Waals surface area contributed by atoms with Gasteiger partial charge in [0.15, 0.2) is 0 Å². The van der Waals surface area contributed by atoms with Crippen LogP contribution in [-0.2, 0) is 6.54 Å². The molecule has 0 radical (unpaired) electrons. The van der Waals surface area contributed by atoms with Crippen molar-refractivity contribution in [1.29, 1.82) is 0 Å². The highest BCUT2D eigenvalue weighted by molar-refractivity contribution is 5.49. The standard InChI is InChI=1S/C15H17NO/c1-13(16-12-15-8-5-11-17-15)9-10-14-6-3-2-4-7-14/h2-11,13,16H,12H2,1H3/b10-9+/t13-/m0/s1. The van der Waals surface area contributed by atoms with Crippen molar-refractivity contribution >= 4 is 6.08 Å². The zero-order valence-corrected chi connectivity index (χ0v) is 9.97. The monoisotopic (exact) mass is 227 g/mol. The van der Waals surface area contributed by atoms with Gasteiger partial charge in [0.05, 0.1) is 12.8 Å². The number of furan rings is 1. The molecule has 1 N–H and O–H groups in total. The van der Waals surface area contributed by atoms with Crippen LogP contribution in [0.1, 0.15) is 18.2 Å². The van der Waals surface area contributed by atoms with Crippen LogP contribution in [0.25, 0.3) is 6.08 Å². The molecule has 2 heteroatoms. The molecule has 88 valence electrons. The van der Waals surface area contributed by atoms with E-state index in [1.165, 1.54) is 5.56 Å². The fraction of sp³-hybridized carbons (Fsp3) is 0.200. The fourth-order valence-electron chi connectivity index (χ4n) is 1.56. The molecule has 0 aliphatic carbocycles. The van der Waals surface area contributed by atoms with Gasteiger partial charge in [-0.1, -0.05) is 42.5 Å². The Labute approximate surface area is 102 Å². The Morgan fingerprint density at radius 3 is 2.71 bits per heavy atom. The molecule has 0 bridgehead atoms. The van der Waals surface area contributed by atoms with Gasteiger partial charge in [0.1, 0.15) is 5.76 Å². The van der Waals surface area contributed by atoms with E-state index < -0.39 is 0 Å². The van der Waals surface area contributed by atoms with Crippen LogP contribution in [0.3, 0.4) is 0 Å². The summed E-state index contributed by atoms with van der Waals surface area (Å²) in [5.74, 6) is 0.963. The van der Waals surface area contributed by atoms with E-state index in [1.54, 1.807) is 6.26 Å². The van der Waals surface area contributed by atoms with E-state index in [-0.39, 0.29) is 0 Å². The molecule has 1 heterocycles. The highest BCUT2D eigenvalue weighted by Crippen LogP contribution is 2.03. The first-order valence-corrected chi connectivity index (χ1v) is 5.83. The summed E-state index contributed by atoms with van der Waals surface area (Å²) in [6.07, 6.45) is 5.97. The minimum absolute atomic E-state index is 0.320. The molecule has 1 aromatic carbocycles. The van der Waals surface area contributed by atoms with Crippen molar-refractivity contribution < 1.29 is 4.42 Å². The molecule has 0 unspecified atom stereocenters. The summed E-state index contributed by atoms with van der Waals surface area (Å²) in [5.41, 5.74) is 1.22. The summed E-state index contributed by atoms with van der Waals surface area (Å²) < 4.78 is 5.26. The molecule has 0 fully saturated rings. The van der Waals surface area contributed by atoms with Crippen LogP contribution < -0.4 is 5.32 Å². The molecule has 0 aliphatic heterocycles. The zero-order valence-electron chi connectivity index (χ0n) is 9.97. The Bertz CT molecular complexity index is 445. The maximum absolute atomic E-state index is 5.26. The second-order valence-corrected chi connectivity index (χ2v) is 4.02. The smallest absolute Gasteiger partial charge is 0.117 e.